The SMILES string of the molecule is CCc1cc(N2CCNCC2)ccc1Nc1ncc(C(F)(F)F)c(-c2cc3c(s2)COCCS3(=O)=O)n1. The molecule has 0 aliphatic carbocycles. The molecule has 0 saturated carbocycles. The molecule has 3 aromatic rings. The number of anilines is 3. The number of aryl methyl sites for hydroxylation is 1. The fourth-order valence-corrected chi connectivity index (χ4v) is 7.25. The summed E-state index contributed by atoms with van der Waals surface area (Å²) < 4.78 is 72.2. The smallest absolute Gasteiger partial charge is 0.375 e. The number of aromatic nitrogens is 2. The van der Waals surface area contributed by atoms with Gasteiger partial charge in [0.05, 0.1) is 34.4 Å². The monoisotopic (exact) mass is 553 g/mol. The summed E-state index contributed by atoms with van der Waals surface area (Å²) in [5.41, 5.74) is 1.37. The molecule has 2 N–H and O–H groups in total. The van der Waals surface area contributed by atoms with Gasteiger partial charge in [-0.2, -0.15) is 13.2 Å². The van der Waals surface area contributed by atoms with Crippen molar-refractivity contribution in [2.45, 2.75) is 31.0 Å². The largest absolute Gasteiger partial charge is 0.420 e. The second-order valence-corrected chi connectivity index (χ2v) is 12.0. The highest BCUT2D eigenvalue weighted by Gasteiger charge is 2.37. The number of hydrogen-bond donors (Lipinski definition) is 2. The molecule has 0 amide bonds. The zero-order chi connectivity index (χ0) is 26.2. The van der Waals surface area contributed by atoms with E-state index in [0.717, 1.165) is 55.0 Å². The van der Waals surface area contributed by atoms with Crippen molar-refractivity contribution in [1.82, 2.24) is 15.3 Å². The predicted octanol–water partition coefficient (Wildman–Crippen LogP) is 4.24. The van der Waals surface area contributed by atoms with Gasteiger partial charge in [-0.1, -0.05) is 6.92 Å². The van der Waals surface area contributed by atoms with E-state index in [2.05, 4.69) is 31.6 Å². The number of rotatable bonds is 5. The van der Waals surface area contributed by atoms with Gasteiger partial charge in [0, 0.05) is 48.6 Å². The Hall–Kier alpha value is -2.74. The third-order valence-corrected chi connectivity index (χ3v) is 9.34. The molecule has 37 heavy (non-hydrogen) atoms. The van der Waals surface area contributed by atoms with Gasteiger partial charge in [0.1, 0.15) is 5.56 Å². The number of thiophene rings is 1. The first-order chi connectivity index (χ1) is 17.7. The van der Waals surface area contributed by atoms with Gasteiger partial charge in [0.15, 0.2) is 9.84 Å². The molecule has 1 aromatic carbocycles. The summed E-state index contributed by atoms with van der Waals surface area (Å²) in [6.07, 6.45) is -3.28. The fraction of sp³-hybridized carbons (Fsp3) is 0.417. The van der Waals surface area contributed by atoms with Crippen LogP contribution in [0.1, 0.15) is 22.9 Å². The lowest BCUT2D eigenvalue weighted by Crippen LogP contribution is -2.43. The van der Waals surface area contributed by atoms with Crippen molar-refractivity contribution < 1.29 is 26.3 Å². The Kier molecular flexibility index (Phi) is 7.14. The Balaban J connectivity index is 1.51. The minimum atomic E-state index is -4.72. The molecular formula is C24H26F3N5O3S2. The molecule has 13 heteroatoms. The maximum absolute atomic E-state index is 13.9. The first-order valence-electron chi connectivity index (χ1n) is 11.9. The van der Waals surface area contributed by atoms with Crippen LogP contribution in [0.2, 0.25) is 0 Å². The Morgan fingerprint density at radius 2 is 2.00 bits per heavy atom. The molecule has 1 fully saturated rings. The van der Waals surface area contributed by atoms with E-state index >= 15 is 0 Å². The summed E-state index contributed by atoms with van der Waals surface area (Å²) >= 11 is 0.942. The third-order valence-electron chi connectivity index (χ3n) is 6.36. The van der Waals surface area contributed by atoms with E-state index in [1.165, 1.54) is 6.07 Å². The number of piperazine rings is 1. The molecule has 8 nitrogen and oxygen atoms in total. The van der Waals surface area contributed by atoms with Crippen LogP contribution in [0.3, 0.4) is 0 Å². The Labute approximate surface area is 216 Å². The van der Waals surface area contributed by atoms with Crippen LogP contribution in [-0.4, -0.2) is 56.9 Å². The van der Waals surface area contributed by atoms with E-state index in [9.17, 15) is 21.6 Å². The summed E-state index contributed by atoms with van der Waals surface area (Å²) in [6, 6.07) is 7.19. The summed E-state index contributed by atoms with van der Waals surface area (Å²) in [5.74, 6) is -0.224. The number of halogens is 3. The number of nitrogens with zero attached hydrogens (tertiary/aromatic N) is 3. The number of hydrogen-bond acceptors (Lipinski definition) is 9. The van der Waals surface area contributed by atoms with Crippen LogP contribution < -0.4 is 15.5 Å². The molecule has 2 aliphatic heterocycles. The highest BCUT2D eigenvalue weighted by atomic mass is 32.2. The number of nitrogens with one attached hydrogen (secondary N) is 2. The zero-order valence-corrected chi connectivity index (χ0v) is 21.7. The number of sulfone groups is 1. The maximum Gasteiger partial charge on any atom is 0.420 e. The predicted molar refractivity (Wildman–Crippen MR) is 136 cm³/mol. The Morgan fingerprint density at radius 1 is 1.22 bits per heavy atom. The van der Waals surface area contributed by atoms with E-state index < -0.39 is 21.6 Å². The van der Waals surface area contributed by atoms with Gasteiger partial charge in [-0.05, 0) is 36.2 Å². The standard InChI is InChI=1S/C24H26F3N5O3S2/c1-2-15-11-16(32-7-5-28-6-8-32)3-4-18(15)30-23-29-13-17(24(25,26)27)22(31-23)19-12-21-20(36-19)14-35-9-10-37(21,33)34/h3-4,11-13,28H,2,5-10,14H2,1H3,(H,29,30,31). The van der Waals surface area contributed by atoms with Gasteiger partial charge in [-0.25, -0.2) is 18.4 Å². The van der Waals surface area contributed by atoms with Crippen molar-refractivity contribution in [1.29, 1.82) is 0 Å². The molecule has 5 rings (SSSR count). The Bertz CT molecular complexity index is 1400. The Morgan fingerprint density at radius 3 is 2.73 bits per heavy atom. The minimum Gasteiger partial charge on any atom is -0.375 e. The molecular weight excluding hydrogens is 527 g/mol. The average molecular weight is 554 g/mol. The van der Waals surface area contributed by atoms with Crippen LogP contribution in [-0.2, 0) is 33.8 Å². The van der Waals surface area contributed by atoms with E-state index in [0.29, 0.717) is 17.0 Å². The summed E-state index contributed by atoms with van der Waals surface area (Å²) in [4.78, 5) is 10.9. The molecule has 4 heterocycles. The van der Waals surface area contributed by atoms with E-state index in [1.807, 2.05) is 19.1 Å². The van der Waals surface area contributed by atoms with E-state index in [-0.39, 0.29) is 40.4 Å². The summed E-state index contributed by atoms with van der Waals surface area (Å²) in [5, 5.41) is 6.40. The van der Waals surface area contributed by atoms with Crippen LogP contribution in [0.4, 0.5) is 30.5 Å². The quantitative estimate of drug-likeness (QED) is 0.485. The first kappa shape index (κ1) is 25.9. The number of benzene rings is 1. The topological polar surface area (TPSA) is 96.5 Å². The first-order valence-corrected chi connectivity index (χ1v) is 14.4. The van der Waals surface area contributed by atoms with Crippen molar-refractivity contribution >= 4 is 38.5 Å². The van der Waals surface area contributed by atoms with Crippen LogP contribution in [0, 0.1) is 0 Å². The second-order valence-electron chi connectivity index (χ2n) is 8.78. The van der Waals surface area contributed by atoms with Crippen molar-refractivity contribution in [3.05, 3.63) is 46.5 Å². The zero-order valence-electron chi connectivity index (χ0n) is 20.1. The molecule has 198 valence electrons. The van der Waals surface area contributed by atoms with E-state index in [4.69, 9.17) is 4.74 Å². The maximum atomic E-state index is 13.9. The molecule has 0 spiro atoms. The van der Waals surface area contributed by atoms with Crippen LogP contribution in [0.5, 0.6) is 0 Å². The summed E-state index contributed by atoms with van der Waals surface area (Å²) in [7, 11) is -3.66. The molecule has 0 bridgehead atoms. The highest BCUT2D eigenvalue weighted by molar-refractivity contribution is 7.91. The van der Waals surface area contributed by atoms with Crippen molar-refractivity contribution in [3.8, 4) is 10.6 Å². The van der Waals surface area contributed by atoms with Gasteiger partial charge in [0.25, 0.3) is 0 Å². The molecule has 0 unspecified atom stereocenters. The fourth-order valence-electron chi connectivity index (χ4n) is 4.41. The molecule has 2 aromatic heterocycles. The van der Waals surface area contributed by atoms with Crippen molar-refractivity contribution in [2.24, 2.45) is 0 Å². The lowest BCUT2D eigenvalue weighted by atomic mass is 10.1. The van der Waals surface area contributed by atoms with Gasteiger partial charge in [-0.15, -0.1) is 11.3 Å². The third kappa shape index (κ3) is 5.44. The normalized spacial score (nSPS) is 17.8. The molecule has 0 atom stereocenters. The van der Waals surface area contributed by atoms with Gasteiger partial charge in [-0.3, -0.25) is 0 Å². The minimum absolute atomic E-state index is 0.00279. The van der Waals surface area contributed by atoms with Gasteiger partial charge in [0.2, 0.25) is 5.95 Å². The number of alkyl halides is 3. The van der Waals surface area contributed by atoms with Gasteiger partial charge < -0.3 is 20.3 Å². The molecule has 1 saturated heterocycles. The number of ether oxygens (including phenoxy) is 1. The van der Waals surface area contributed by atoms with Crippen LogP contribution in [0.15, 0.2) is 35.4 Å². The average Bonchev–Trinajstić information content (AvgIpc) is 3.26. The molecule has 2 aliphatic rings. The lowest BCUT2D eigenvalue weighted by Gasteiger charge is -2.30. The van der Waals surface area contributed by atoms with Crippen molar-refractivity contribution in [3.63, 3.8) is 0 Å². The van der Waals surface area contributed by atoms with Crippen molar-refractivity contribution in [2.75, 3.05) is 48.8 Å². The second kappa shape index (κ2) is 10.2. The van der Waals surface area contributed by atoms with Crippen LogP contribution in [0.25, 0.3) is 10.6 Å². The lowest BCUT2D eigenvalue weighted by molar-refractivity contribution is -0.137. The highest BCUT2D eigenvalue weighted by Crippen LogP contribution is 2.42. The van der Waals surface area contributed by atoms with Crippen LogP contribution >= 0.6 is 11.3 Å². The number of fused-ring (bicyclic) bond motifs is 1. The van der Waals surface area contributed by atoms with Gasteiger partial charge >= 0.3 is 6.18 Å². The molecule has 0 radical (unpaired) electrons. The van der Waals surface area contributed by atoms with E-state index in [1.54, 1.807) is 0 Å². The summed E-state index contributed by atoms with van der Waals surface area (Å²) in [6.45, 7) is 5.67.